The van der Waals surface area contributed by atoms with Crippen molar-refractivity contribution in [1.29, 1.82) is 0 Å². The van der Waals surface area contributed by atoms with Crippen molar-refractivity contribution in [2.45, 2.75) is 149 Å². The number of aliphatic hydroxyl groups excluding tert-OH is 1. The smallest absolute Gasteiger partial charge is 0.303 e. The molecule has 8 atom stereocenters. The predicted octanol–water partition coefficient (Wildman–Crippen LogP) is 8.94. The van der Waals surface area contributed by atoms with Gasteiger partial charge in [-0.3, -0.25) is 4.79 Å². The molecule has 0 aromatic heterocycles. The third kappa shape index (κ3) is 6.08. The Morgan fingerprint density at radius 3 is 2.19 bits per heavy atom. The van der Waals surface area contributed by atoms with Gasteiger partial charge in [0, 0.05) is 6.42 Å². The number of aliphatic carboxylic acids is 1. The summed E-state index contributed by atoms with van der Waals surface area (Å²) in [4.78, 5) is 10.6. The summed E-state index contributed by atoms with van der Waals surface area (Å²) in [6, 6.07) is 0. The number of allylic oxidation sites excluding steroid dienone is 2. The molecule has 0 radical (unpaired) electrons. The van der Waals surface area contributed by atoms with E-state index in [0.717, 1.165) is 36.5 Å². The standard InChI is InChI=1S/C33H56O3/c1-24(34)28-17-18-29-27-16-15-26-23-25(19-21-32(26,2)30(27)20-22-33(28,29)3)13-11-9-7-5-4-6-8-10-12-14-31(35)36/h19,24,26-30,34H,4-18,20-23H2,1-3H3,(H,35,36)/t24?,26?,27-,28+,29-,30-,32-,33+/m0/s1. The van der Waals surface area contributed by atoms with E-state index in [4.69, 9.17) is 5.11 Å². The normalized spacial score (nSPS) is 38.6. The fourth-order valence-electron chi connectivity index (χ4n) is 9.86. The highest BCUT2D eigenvalue weighted by atomic mass is 16.4. The summed E-state index contributed by atoms with van der Waals surface area (Å²) in [5, 5.41) is 19.2. The fourth-order valence-corrected chi connectivity index (χ4v) is 9.86. The molecule has 3 fully saturated rings. The Hall–Kier alpha value is -0.830. The molecule has 0 bridgehead atoms. The molecule has 2 N–H and O–H groups in total. The van der Waals surface area contributed by atoms with Gasteiger partial charge in [0.2, 0.25) is 0 Å². The van der Waals surface area contributed by atoms with Crippen LogP contribution in [-0.2, 0) is 4.79 Å². The highest BCUT2D eigenvalue weighted by molar-refractivity contribution is 5.66. The quantitative estimate of drug-likeness (QED) is 0.196. The largest absolute Gasteiger partial charge is 0.481 e. The van der Waals surface area contributed by atoms with Crippen LogP contribution in [0.15, 0.2) is 11.6 Å². The average molecular weight is 501 g/mol. The molecule has 2 unspecified atom stereocenters. The first-order chi connectivity index (χ1) is 17.3. The van der Waals surface area contributed by atoms with Gasteiger partial charge in [-0.2, -0.15) is 0 Å². The van der Waals surface area contributed by atoms with Gasteiger partial charge in [-0.05, 0) is 118 Å². The molecule has 0 heterocycles. The minimum Gasteiger partial charge on any atom is -0.481 e. The van der Waals surface area contributed by atoms with Crippen LogP contribution in [0.2, 0.25) is 0 Å². The molecule has 0 saturated heterocycles. The van der Waals surface area contributed by atoms with Crippen molar-refractivity contribution < 1.29 is 15.0 Å². The lowest BCUT2D eigenvalue weighted by Crippen LogP contribution is -2.53. The molecule has 36 heavy (non-hydrogen) atoms. The van der Waals surface area contributed by atoms with E-state index >= 15 is 0 Å². The zero-order chi connectivity index (χ0) is 25.8. The van der Waals surface area contributed by atoms with E-state index in [1.165, 1.54) is 103 Å². The van der Waals surface area contributed by atoms with Gasteiger partial charge in [-0.15, -0.1) is 0 Å². The van der Waals surface area contributed by atoms with Crippen LogP contribution in [0, 0.1) is 40.4 Å². The number of hydrogen-bond donors (Lipinski definition) is 2. The second kappa shape index (κ2) is 12.4. The number of carbonyl (C=O) groups is 1. The van der Waals surface area contributed by atoms with Gasteiger partial charge in [0.1, 0.15) is 0 Å². The first kappa shape index (κ1) is 28.2. The van der Waals surface area contributed by atoms with Crippen LogP contribution >= 0.6 is 0 Å². The van der Waals surface area contributed by atoms with Crippen LogP contribution in [0.5, 0.6) is 0 Å². The Bertz CT molecular complexity index is 756. The van der Waals surface area contributed by atoms with Gasteiger partial charge in [-0.1, -0.05) is 70.4 Å². The lowest BCUT2D eigenvalue weighted by atomic mass is 9.45. The number of unbranched alkanes of at least 4 members (excludes halogenated alkanes) is 8. The van der Waals surface area contributed by atoms with Gasteiger partial charge in [0.05, 0.1) is 6.10 Å². The zero-order valence-electron chi connectivity index (χ0n) is 23.8. The van der Waals surface area contributed by atoms with Gasteiger partial charge >= 0.3 is 5.97 Å². The highest BCUT2D eigenvalue weighted by Crippen LogP contribution is 2.67. The van der Waals surface area contributed by atoms with Crippen LogP contribution < -0.4 is 0 Å². The maximum absolute atomic E-state index is 10.6. The van der Waals surface area contributed by atoms with Crippen LogP contribution in [0.3, 0.4) is 0 Å². The van der Waals surface area contributed by atoms with Crippen LogP contribution in [0.4, 0.5) is 0 Å². The molecule has 4 rings (SSSR count). The number of aliphatic hydroxyl groups is 1. The molecular weight excluding hydrogens is 444 g/mol. The molecule has 0 aromatic rings. The number of carboxylic acids is 1. The Labute approximate surface area is 221 Å². The summed E-state index contributed by atoms with van der Waals surface area (Å²) in [5.74, 6) is 3.43. The van der Waals surface area contributed by atoms with Gasteiger partial charge in [0.25, 0.3) is 0 Å². The molecule has 0 spiro atoms. The van der Waals surface area contributed by atoms with E-state index in [2.05, 4.69) is 19.9 Å². The number of hydrogen-bond acceptors (Lipinski definition) is 2. The monoisotopic (exact) mass is 500 g/mol. The third-order valence-electron chi connectivity index (χ3n) is 11.9. The average Bonchev–Trinajstić information content (AvgIpc) is 3.20. The van der Waals surface area contributed by atoms with Crippen molar-refractivity contribution in [3.8, 4) is 0 Å². The molecule has 0 aliphatic heterocycles. The molecule has 3 nitrogen and oxygen atoms in total. The molecule has 206 valence electrons. The second-order valence-electron chi connectivity index (χ2n) is 14.0. The van der Waals surface area contributed by atoms with E-state index in [-0.39, 0.29) is 6.10 Å². The molecule has 4 aliphatic carbocycles. The first-order valence-electron chi connectivity index (χ1n) is 15.8. The SMILES string of the molecule is CC(O)[C@H]1CC[C@H]2[C@@H]3CCC4CC(CCCCCCCCCCCC(=O)O)=CC[C@]4(C)[C@H]3CC[C@]12C. The Morgan fingerprint density at radius 1 is 0.889 bits per heavy atom. The summed E-state index contributed by atoms with van der Waals surface area (Å²) < 4.78 is 0. The summed E-state index contributed by atoms with van der Waals surface area (Å²) in [6.45, 7) is 7.24. The number of rotatable bonds is 13. The van der Waals surface area contributed by atoms with Crippen molar-refractivity contribution in [2.24, 2.45) is 40.4 Å². The number of carboxylic acid groups (broad SMARTS) is 1. The first-order valence-corrected chi connectivity index (χ1v) is 15.8. The van der Waals surface area contributed by atoms with Gasteiger partial charge in [-0.25, -0.2) is 0 Å². The minimum atomic E-state index is -0.655. The Balaban J connectivity index is 1.17. The second-order valence-corrected chi connectivity index (χ2v) is 14.0. The Morgan fingerprint density at radius 2 is 1.53 bits per heavy atom. The summed E-state index contributed by atoms with van der Waals surface area (Å²) in [5.41, 5.74) is 2.67. The van der Waals surface area contributed by atoms with Crippen molar-refractivity contribution in [3.63, 3.8) is 0 Å². The maximum atomic E-state index is 10.6. The molecule has 4 aliphatic rings. The van der Waals surface area contributed by atoms with Crippen molar-refractivity contribution in [3.05, 3.63) is 11.6 Å². The molecule has 3 heteroatoms. The fraction of sp³-hybridized carbons (Fsp3) is 0.909. The van der Waals surface area contributed by atoms with Crippen LogP contribution in [0.25, 0.3) is 0 Å². The van der Waals surface area contributed by atoms with E-state index < -0.39 is 5.97 Å². The summed E-state index contributed by atoms with van der Waals surface area (Å²) >= 11 is 0. The minimum absolute atomic E-state index is 0.140. The van der Waals surface area contributed by atoms with E-state index in [0.29, 0.717) is 23.2 Å². The molecule has 0 amide bonds. The summed E-state index contributed by atoms with van der Waals surface area (Å²) in [6.07, 6.45) is 26.3. The highest BCUT2D eigenvalue weighted by Gasteiger charge is 2.60. The zero-order valence-corrected chi connectivity index (χ0v) is 23.8. The molecule has 3 saturated carbocycles. The molecule has 0 aromatic carbocycles. The maximum Gasteiger partial charge on any atom is 0.303 e. The Kier molecular flexibility index (Phi) is 9.67. The molecular formula is C33H56O3. The van der Waals surface area contributed by atoms with Gasteiger partial charge < -0.3 is 10.2 Å². The van der Waals surface area contributed by atoms with Crippen molar-refractivity contribution in [2.75, 3.05) is 0 Å². The van der Waals surface area contributed by atoms with E-state index in [9.17, 15) is 9.90 Å². The van der Waals surface area contributed by atoms with Crippen molar-refractivity contribution in [1.82, 2.24) is 0 Å². The lowest BCUT2D eigenvalue weighted by Gasteiger charge is -2.60. The topological polar surface area (TPSA) is 57.5 Å². The van der Waals surface area contributed by atoms with Crippen molar-refractivity contribution >= 4 is 5.97 Å². The van der Waals surface area contributed by atoms with Crippen LogP contribution in [-0.4, -0.2) is 22.3 Å². The summed E-state index contributed by atoms with van der Waals surface area (Å²) in [7, 11) is 0. The van der Waals surface area contributed by atoms with E-state index in [1.807, 2.05) is 6.92 Å². The van der Waals surface area contributed by atoms with E-state index in [1.54, 1.807) is 5.57 Å². The van der Waals surface area contributed by atoms with Crippen LogP contribution in [0.1, 0.15) is 143 Å². The predicted molar refractivity (Wildman–Crippen MR) is 149 cm³/mol. The third-order valence-corrected chi connectivity index (χ3v) is 11.9. The van der Waals surface area contributed by atoms with Gasteiger partial charge in [0.15, 0.2) is 0 Å². The lowest BCUT2D eigenvalue weighted by molar-refractivity contribution is -0.137. The number of fused-ring (bicyclic) bond motifs is 5.